The van der Waals surface area contributed by atoms with Crippen LogP contribution in [-0.2, 0) is 6.54 Å². The van der Waals surface area contributed by atoms with Gasteiger partial charge in [0.15, 0.2) is 5.82 Å². The second-order valence-electron chi connectivity index (χ2n) is 2.41. The summed E-state index contributed by atoms with van der Waals surface area (Å²) in [7, 11) is 0. The molecular weight excluding hydrogens is 124 g/mol. The maximum atomic E-state index is 9.14. The molecule has 1 heterocycles. The quantitative estimate of drug-likeness (QED) is 0.607. The lowest BCUT2D eigenvalue weighted by Crippen LogP contribution is -1.95. The number of hydrogen-bond acceptors (Lipinski definition) is 0. The van der Waals surface area contributed by atoms with Crippen molar-refractivity contribution in [3.05, 3.63) is 18.3 Å². The lowest BCUT2D eigenvalue weighted by atomic mass is 10.3. The smallest absolute Gasteiger partial charge is 0.155 e. The third kappa shape index (κ3) is 1.53. The highest BCUT2D eigenvalue weighted by Gasteiger charge is 1.94. The van der Waals surface area contributed by atoms with Crippen molar-refractivity contribution in [2.45, 2.75) is 26.3 Å². The predicted octanol–water partition coefficient (Wildman–Crippen LogP) is 1.99. The Labute approximate surface area is 61.7 Å². The van der Waals surface area contributed by atoms with E-state index in [-0.39, 0.29) is 0 Å². The summed E-state index contributed by atoms with van der Waals surface area (Å²) < 4.78 is 1.85. The summed E-state index contributed by atoms with van der Waals surface area (Å²) in [5.41, 5.74) is 9.14. The Kier molecular flexibility index (Phi) is 2.37. The van der Waals surface area contributed by atoms with Crippen LogP contribution in [0.15, 0.2) is 18.3 Å². The number of hydrogen-bond donors (Lipinski definition) is 0. The Balaban J connectivity index is 2.49. The average molecular weight is 136 g/mol. The molecule has 0 fully saturated rings. The highest BCUT2D eigenvalue weighted by Crippen LogP contribution is 2.06. The molecule has 0 aliphatic carbocycles. The van der Waals surface area contributed by atoms with Gasteiger partial charge in [-0.3, -0.25) is 0 Å². The molecule has 0 unspecified atom stereocenters. The molecule has 0 saturated carbocycles. The number of aryl methyl sites for hydroxylation is 1. The van der Waals surface area contributed by atoms with E-state index in [4.69, 9.17) is 5.73 Å². The zero-order valence-corrected chi connectivity index (χ0v) is 6.25. The zero-order chi connectivity index (χ0) is 7.40. The van der Waals surface area contributed by atoms with E-state index in [1.807, 2.05) is 16.8 Å². The molecule has 0 spiro atoms. The molecule has 0 atom stereocenters. The molecule has 1 rings (SSSR count). The van der Waals surface area contributed by atoms with Crippen LogP contribution in [-0.4, -0.2) is 4.57 Å². The molecule has 1 aromatic rings. The monoisotopic (exact) mass is 136 g/mol. The number of rotatable bonds is 3. The summed E-state index contributed by atoms with van der Waals surface area (Å²) in [5.74, 6) is 0.369. The van der Waals surface area contributed by atoms with Gasteiger partial charge in [0.1, 0.15) is 0 Å². The molecule has 0 bridgehead atoms. The first-order valence-electron chi connectivity index (χ1n) is 3.68. The molecular formula is C8H12N2. The van der Waals surface area contributed by atoms with Gasteiger partial charge < -0.3 is 4.57 Å². The van der Waals surface area contributed by atoms with E-state index < -0.39 is 0 Å². The highest BCUT2D eigenvalue weighted by atomic mass is 15.0. The van der Waals surface area contributed by atoms with Crippen LogP contribution in [0.3, 0.4) is 0 Å². The summed E-state index contributed by atoms with van der Waals surface area (Å²) in [5, 5.41) is 0. The van der Waals surface area contributed by atoms with E-state index in [9.17, 15) is 0 Å². The molecule has 0 aromatic carbocycles. The minimum atomic E-state index is 0.369. The van der Waals surface area contributed by atoms with Crippen molar-refractivity contribution in [1.82, 2.24) is 10.3 Å². The fraction of sp³-hybridized carbons (Fsp3) is 0.500. The van der Waals surface area contributed by atoms with Crippen LogP contribution < -0.4 is 5.73 Å². The molecule has 0 saturated heterocycles. The van der Waals surface area contributed by atoms with E-state index in [0.717, 1.165) is 19.4 Å². The first-order valence-corrected chi connectivity index (χ1v) is 3.68. The van der Waals surface area contributed by atoms with Gasteiger partial charge in [-0.05, 0) is 18.6 Å². The van der Waals surface area contributed by atoms with Gasteiger partial charge in [-0.1, -0.05) is 13.3 Å². The van der Waals surface area contributed by atoms with E-state index >= 15 is 0 Å². The van der Waals surface area contributed by atoms with Crippen molar-refractivity contribution in [3.8, 4) is 0 Å². The van der Waals surface area contributed by atoms with Gasteiger partial charge in [-0.25, -0.2) is 0 Å². The number of aromatic nitrogens is 1. The summed E-state index contributed by atoms with van der Waals surface area (Å²) in [6.07, 6.45) is 4.19. The Hall–Kier alpha value is -0.920. The molecule has 2 heteroatoms. The maximum absolute atomic E-state index is 9.14. The van der Waals surface area contributed by atoms with Gasteiger partial charge in [0.25, 0.3) is 0 Å². The maximum Gasteiger partial charge on any atom is 0.155 e. The third-order valence-electron chi connectivity index (χ3n) is 1.56. The minimum absolute atomic E-state index is 0.369. The van der Waals surface area contributed by atoms with Crippen LogP contribution in [0.1, 0.15) is 19.8 Å². The fourth-order valence-corrected chi connectivity index (χ4v) is 0.923. The van der Waals surface area contributed by atoms with E-state index in [0.29, 0.717) is 5.82 Å². The molecule has 0 amide bonds. The molecule has 54 valence electrons. The normalized spacial score (nSPS) is 10.1. The largest absolute Gasteiger partial charge is 0.332 e. The Morgan fingerprint density at radius 1 is 1.60 bits per heavy atom. The molecule has 0 aliphatic heterocycles. The number of nitrogens with zero attached hydrogens (tertiary/aromatic N) is 2. The molecule has 2 radical (unpaired) electrons. The molecule has 10 heavy (non-hydrogen) atoms. The van der Waals surface area contributed by atoms with E-state index in [1.165, 1.54) is 0 Å². The Bertz CT molecular complexity index is 191. The predicted molar refractivity (Wildman–Crippen MR) is 41.1 cm³/mol. The first-order chi connectivity index (χ1) is 4.84. The van der Waals surface area contributed by atoms with Crippen molar-refractivity contribution in [2.75, 3.05) is 0 Å². The van der Waals surface area contributed by atoms with Crippen LogP contribution in [0.5, 0.6) is 0 Å². The van der Waals surface area contributed by atoms with Crippen LogP contribution in [0.4, 0.5) is 5.82 Å². The van der Waals surface area contributed by atoms with Gasteiger partial charge in [0, 0.05) is 12.7 Å². The standard InChI is InChI=1S/C8H12N2/c1-2-3-6-10-7-4-5-8(10)9/h4-5,7H,2-3,6H2,1H3. The number of unbranched alkanes of at least 4 members (excludes halogenated alkanes) is 1. The van der Waals surface area contributed by atoms with Crippen molar-refractivity contribution >= 4 is 5.82 Å². The van der Waals surface area contributed by atoms with Crippen LogP contribution >= 0.6 is 0 Å². The second kappa shape index (κ2) is 3.30. The minimum Gasteiger partial charge on any atom is -0.332 e. The molecule has 1 aromatic heterocycles. The lowest BCUT2D eigenvalue weighted by molar-refractivity contribution is 0.636. The lowest BCUT2D eigenvalue weighted by Gasteiger charge is -2.00. The van der Waals surface area contributed by atoms with Gasteiger partial charge in [0.2, 0.25) is 0 Å². The Morgan fingerprint density at radius 3 is 2.90 bits per heavy atom. The van der Waals surface area contributed by atoms with Crippen LogP contribution in [0, 0.1) is 0 Å². The fourth-order valence-electron chi connectivity index (χ4n) is 0.923. The molecule has 0 N–H and O–H groups in total. The second-order valence-corrected chi connectivity index (χ2v) is 2.41. The van der Waals surface area contributed by atoms with Gasteiger partial charge in [-0.15, -0.1) is 5.73 Å². The van der Waals surface area contributed by atoms with Gasteiger partial charge >= 0.3 is 0 Å². The summed E-state index contributed by atoms with van der Waals surface area (Å²) in [4.78, 5) is 0. The highest BCUT2D eigenvalue weighted by molar-refractivity contribution is 5.24. The van der Waals surface area contributed by atoms with Gasteiger partial charge in [0.05, 0.1) is 0 Å². The molecule has 0 aliphatic rings. The average Bonchev–Trinajstić information content (AvgIpc) is 2.31. The van der Waals surface area contributed by atoms with Crippen LogP contribution in [0.25, 0.3) is 0 Å². The SMILES string of the molecule is CCCCn1cccc1[N]. The van der Waals surface area contributed by atoms with Gasteiger partial charge in [-0.2, -0.15) is 0 Å². The van der Waals surface area contributed by atoms with Crippen molar-refractivity contribution in [2.24, 2.45) is 0 Å². The Morgan fingerprint density at radius 2 is 2.40 bits per heavy atom. The summed E-state index contributed by atoms with van der Waals surface area (Å²) >= 11 is 0. The van der Waals surface area contributed by atoms with E-state index in [2.05, 4.69) is 6.92 Å². The van der Waals surface area contributed by atoms with Crippen molar-refractivity contribution < 1.29 is 0 Å². The third-order valence-corrected chi connectivity index (χ3v) is 1.56. The van der Waals surface area contributed by atoms with Crippen molar-refractivity contribution in [1.29, 1.82) is 0 Å². The molecule has 2 nitrogen and oxygen atoms in total. The first kappa shape index (κ1) is 7.19. The zero-order valence-electron chi connectivity index (χ0n) is 6.25. The van der Waals surface area contributed by atoms with E-state index in [1.54, 1.807) is 6.07 Å². The van der Waals surface area contributed by atoms with Crippen molar-refractivity contribution in [3.63, 3.8) is 0 Å². The summed E-state index contributed by atoms with van der Waals surface area (Å²) in [6, 6.07) is 3.56. The summed E-state index contributed by atoms with van der Waals surface area (Å²) in [6.45, 7) is 3.07. The topological polar surface area (TPSA) is 27.2 Å². The van der Waals surface area contributed by atoms with Crippen LogP contribution in [0.2, 0.25) is 0 Å².